The number of rotatable bonds is 5. The van der Waals surface area contributed by atoms with E-state index in [1.165, 1.54) is 7.11 Å². The molecule has 0 radical (unpaired) electrons. The summed E-state index contributed by atoms with van der Waals surface area (Å²) in [5.74, 6) is -0.845. The Morgan fingerprint density at radius 2 is 1.73 bits per heavy atom. The third-order valence-electron chi connectivity index (χ3n) is 2.36. The smallest absolute Gasteiger partial charge is 0.337 e. The van der Waals surface area contributed by atoms with Crippen LogP contribution < -0.4 is 0 Å². The molecule has 0 spiro atoms. The van der Waals surface area contributed by atoms with Crippen molar-refractivity contribution in [3.05, 3.63) is 54.6 Å². The summed E-state index contributed by atoms with van der Waals surface area (Å²) < 4.78 is 9.10. The summed E-state index contributed by atoms with van der Waals surface area (Å²) in [7, 11) is 1.34. The van der Waals surface area contributed by atoms with Crippen molar-refractivity contribution in [2.24, 2.45) is 0 Å². The van der Waals surface area contributed by atoms with E-state index in [1.807, 2.05) is 30.3 Å². The number of aliphatic hydroxyl groups excluding tert-OH is 1. The maximum Gasteiger partial charge on any atom is 0.337 e. The van der Waals surface area contributed by atoms with E-state index in [-0.39, 0.29) is 12.6 Å². The molecule has 0 fully saturated rings. The van der Waals surface area contributed by atoms with Gasteiger partial charge >= 0.3 is 11.9 Å². The Morgan fingerprint density at radius 3 is 2.14 bits per heavy atom. The minimum atomic E-state index is -0.608. The van der Waals surface area contributed by atoms with E-state index in [0.29, 0.717) is 11.1 Å². The zero-order chi connectivity index (χ0) is 17.1. The molecule has 0 aromatic heterocycles. The van der Waals surface area contributed by atoms with Gasteiger partial charge in [-0.1, -0.05) is 43.5 Å². The zero-order valence-corrected chi connectivity index (χ0v) is 13.2. The molecule has 0 bridgehead atoms. The van der Waals surface area contributed by atoms with Crippen molar-refractivity contribution in [1.82, 2.24) is 0 Å². The molecule has 0 aliphatic carbocycles. The average Bonchev–Trinajstić information content (AvgIpc) is 2.52. The lowest BCUT2D eigenvalue weighted by Gasteiger charge is -2.04. The van der Waals surface area contributed by atoms with Crippen LogP contribution >= 0.6 is 0 Å². The molecule has 0 saturated heterocycles. The number of carbonyl (C=O) groups is 2. The summed E-state index contributed by atoms with van der Waals surface area (Å²) >= 11 is 0. The number of hydrogen-bond donors (Lipinski definition) is 1. The highest BCUT2D eigenvalue weighted by atomic mass is 16.5. The van der Waals surface area contributed by atoms with Gasteiger partial charge in [0.1, 0.15) is 6.61 Å². The molecule has 5 nitrogen and oxygen atoms in total. The van der Waals surface area contributed by atoms with E-state index in [4.69, 9.17) is 5.11 Å². The molecule has 120 valence electrons. The first kappa shape index (κ1) is 19.6. The maximum absolute atomic E-state index is 11.0. The fourth-order valence-corrected chi connectivity index (χ4v) is 1.20. The lowest BCUT2D eigenvalue weighted by Crippen LogP contribution is -2.15. The fourth-order valence-electron chi connectivity index (χ4n) is 1.20. The fraction of sp³-hybridized carbons (Fsp3) is 0.294. The lowest BCUT2D eigenvalue weighted by atomic mass is 10.1. The quantitative estimate of drug-likeness (QED) is 0.668. The zero-order valence-electron chi connectivity index (χ0n) is 13.2. The van der Waals surface area contributed by atoms with Gasteiger partial charge in [0, 0.05) is 5.57 Å². The van der Waals surface area contributed by atoms with Crippen LogP contribution in [0.15, 0.2) is 49.1 Å². The molecule has 1 aromatic carbocycles. The predicted molar refractivity (Wildman–Crippen MR) is 84.9 cm³/mol. The standard InChI is InChI=1S/C10H10O2.C7H12O3/c1-8(10(11)12-2)9-6-4-3-5-7-9;1-5(2)7(9)10-4-6(3)8/h3-7H,1H2,2H3;6,8H,1,4H2,2-3H3. The number of hydrogen-bond acceptors (Lipinski definition) is 5. The third kappa shape index (κ3) is 8.01. The van der Waals surface area contributed by atoms with Crippen LogP contribution in [-0.2, 0) is 19.1 Å². The van der Waals surface area contributed by atoms with E-state index < -0.39 is 12.1 Å². The summed E-state index contributed by atoms with van der Waals surface area (Å²) in [5.41, 5.74) is 1.53. The van der Waals surface area contributed by atoms with Crippen molar-refractivity contribution in [2.45, 2.75) is 20.0 Å². The summed E-state index contributed by atoms with van der Waals surface area (Å²) in [6.45, 7) is 10.1. The molecule has 1 atom stereocenters. The van der Waals surface area contributed by atoms with Gasteiger partial charge in [0.2, 0.25) is 0 Å². The Hall–Kier alpha value is -2.40. The Bertz CT molecular complexity index is 517. The summed E-state index contributed by atoms with van der Waals surface area (Å²) in [5, 5.41) is 8.68. The number of methoxy groups -OCH3 is 1. The van der Waals surface area contributed by atoms with Crippen LogP contribution in [0.3, 0.4) is 0 Å². The van der Waals surface area contributed by atoms with Crippen molar-refractivity contribution in [3.63, 3.8) is 0 Å². The average molecular weight is 306 g/mol. The van der Waals surface area contributed by atoms with Gasteiger partial charge in [0.15, 0.2) is 0 Å². The molecule has 1 unspecified atom stereocenters. The van der Waals surface area contributed by atoms with Crippen LogP contribution in [0.25, 0.3) is 5.57 Å². The first-order chi connectivity index (χ1) is 10.3. The highest BCUT2D eigenvalue weighted by Crippen LogP contribution is 2.12. The minimum absolute atomic E-state index is 0.0334. The topological polar surface area (TPSA) is 72.8 Å². The molecule has 0 saturated carbocycles. The van der Waals surface area contributed by atoms with Crippen LogP contribution in [0.5, 0.6) is 0 Å². The first-order valence-corrected chi connectivity index (χ1v) is 6.63. The van der Waals surface area contributed by atoms with Crippen molar-refractivity contribution >= 4 is 17.5 Å². The second-order valence-electron chi connectivity index (χ2n) is 4.56. The molecule has 0 amide bonds. The van der Waals surface area contributed by atoms with Gasteiger partial charge in [0.05, 0.1) is 18.8 Å². The second-order valence-corrected chi connectivity index (χ2v) is 4.56. The van der Waals surface area contributed by atoms with Crippen molar-refractivity contribution in [3.8, 4) is 0 Å². The SMILES string of the molecule is C=C(C(=O)OC)c1ccccc1.C=C(C)C(=O)OCC(C)O. The van der Waals surface area contributed by atoms with Gasteiger partial charge in [-0.3, -0.25) is 0 Å². The Kier molecular flexibility index (Phi) is 9.22. The van der Waals surface area contributed by atoms with Gasteiger partial charge in [-0.15, -0.1) is 0 Å². The van der Waals surface area contributed by atoms with E-state index in [1.54, 1.807) is 13.8 Å². The maximum atomic E-state index is 11.0. The predicted octanol–water partition coefficient (Wildman–Crippen LogP) is 2.36. The molecule has 0 aliphatic rings. The Labute approximate surface area is 130 Å². The van der Waals surface area contributed by atoms with Gasteiger partial charge in [0.25, 0.3) is 0 Å². The monoisotopic (exact) mass is 306 g/mol. The molecule has 0 aliphatic heterocycles. The van der Waals surface area contributed by atoms with E-state index in [2.05, 4.69) is 22.6 Å². The normalized spacial score (nSPS) is 10.5. The highest BCUT2D eigenvalue weighted by Gasteiger charge is 2.07. The molecule has 1 rings (SSSR count). The molecule has 0 heterocycles. The van der Waals surface area contributed by atoms with Crippen LogP contribution in [0.1, 0.15) is 19.4 Å². The summed E-state index contributed by atoms with van der Waals surface area (Å²) in [6.07, 6.45) is -0.608. The largest absolute Gasteiger partial charge is 0.465 e. The van der Waals surface area contributed by atoms with Gasteiger partial charge in [-0.25, -0.2) is 9.59 Å². The Balaban J connectivity index is 0.000000409. The molecule has 1 N–H and O–H groups in total. The van der Waals surface area contributed by atoms with Crippen LogP contribution in [0.4, 0.5) is 0 Å². The molecular formula is C17H22O5. The summed E-state index contributed by atoms with van der Waals surface area (Å²) in [4.78, 5) is 21.6. The minimum Gasteiger partial charge on any atom is -0.465 e. The third-order valence-corrected chi connectivity index (χ3v) is 2.36. The van der Waals surface area contributed by atoms with Crippen LogP contribution in [0.2, 0.25) is 0 Å². The second kappa shape index (κ2) is 10.3. The molecular weight excluding hydrogens is 284 g/mol. The number of aliphatic hydroxyl groups is 1. The lowest BCUT2D eigenvalue weighted by molar-refractivity contribution is -0.141. The van der Waals surface area contributed by atoms with Crippen molar-refractivity contribution in [2.75, 3.05) is 13.7 Å². The first-order valence-electron chi connectivity index (χ1n) is 6.63. The van der Waals surface area contributed by atoms with Crippen LogP contribution in [-0.4, -0.2) is 36.9 Å². The number of carbonyl (C=O) groups excluding carboxylic acids is 2. The van der Waals surface area contributed by atoms with E-state index in [0.717, 1.165) is 5.56 Å². The number of ether oxygens (including phenoxy) is 2. The van der Waals surface area contributed by atoms with E-state index in [9.17, 15) is 9.59 Å². The Morgan fingerprint density at radius 1 is 1.18 bits per heavy atom. The number of benzene rings is 1. The molecule has 1 aromatic rings. The van der Waals surface area contributed by atoms with Gasteiger partial charge in [-0.05, 0) is 19.4 Å². The van der Waals surface area contributed by atoms with Crippen LogP contribution in [0, 0.1) is 0 Å². The van der Waals surface area contributed by atoms with Crippen molar-refractivity contribution in [1.29, 1.82) is 0 Å². The molecule has 5 heteroatoms. The molecule has 22 heavy (non-hydrogen) atoms. The highest BCUT2D eigenvalue weighted by molar-refractivity contribution is 6.15. The van der Waals surface area contributed by atoms with Gasteiger partial charge in [-0.2, -0.15) is 0 Å². The van der Waals surface area contributed by atoms with E-state index >= 15 is 0 Å². The van der Waals surface area contributed by atoms with Gasteiger partial charge < -0.3 is 14.6 Å². The number of esters is 2. The van der Waals surface area contributed by atoms with Crippen molar-refractivity contribution < 1.29 is 24.2 Å². The summed E-state index contributed by atoms with van der Waals surface area (Å²) in [6, 6.07) is 9.22.